The number of hydrogen-bond acceptors (Lipinski definition) is 4. The van der Waals surface area contributed by atoms with Gasteiger partial charge in [0, 0.05) is 45.8 Å². The van der Waals surface area contributed by atoms with Crippen LogP contribution in [0.4, 0.5) is 4.79 Å². The predicted octanol–water partition coefficient (Wildman–Crippen LogP) is 3.23. The Balaban J connectivity index is 0.00000420. The zero-order chi connectivity index (χ0) is 20.7. The van der Waals surface area contributed by atoms with Gasteiger partial charge in [0.25, 0.3) is 0 Å². The van der Waals surface area contributed by atoms with E-state index in [2.05, 4.69) is 28.6 Å². The van der Waals surface area contributed by atoms with Crippen LogP contribution in [0, 0.1) is 11.8 Å². The molecule has 29 heavy (non-hydrogen) atoms. The molecule has 0 aromatic rings. The van der Waals surface area contributed by atoms with Crippen molar-refractivity contribution in [2.24, 2.45) is 22.6 Å². The van der Waals surface area contributed by atoms with E-state index < -0.39 is 5.60 Å². The third-order valence-corrected chi connectivity index (χ3v) is 5.36. The Morgan fingerprint density at radius 2 is 1.59 bits per heavy atom. The van der Waals surface area contributed by atoms with E-state index >= 15 is 0 Å². The molecule has 0 saturated carbocycles. The molecule has 8 heteroatoms. The SMILES string of the molecule is CC1CC(C)CN(CCCCN=C(N)N2CCN(C(=O)OC(C)(C)C)CC2)C1.I. The van der Waals surface area contributed by atoms with Crippen molar-refractivity contribution in [2.75, 3.05) is 52.4 Å². The molecule has 2 aliphatic rings. The predicted molar refractivity (Wildman–Crippen MR) is 130 cm³/mol. The van der Waals surface area contributed by atoms with Gasteiger partial charge >= 0.3 is 6.09 Å². The number of rotatable bonds is 5. The second kappa shape index (κ2) is 12.2. The summed E-state index contributed by atoms with van der Waals surface area (Å²) in [6, 6.07) is 0. The van der Waals surface area contributed by atoms with Crippen LogP contribution >= 0.6 is 24.0 Å². The van der Waals surface area contributed by atoms with E-state index in [-0.39, 0.29) is 30.1 Å². The summed E-state index contributed by atoms with van der Waals surface area (Å²) in [5.74, 6) is 2.23. The summed E-state index contributed by atoms with van der Waals surface area (Å²) in [5, 5.41) is 0. The summed E-state index contributed by atoms with van der Waals surface area (Å²) >= 11 is 0. The van der Waals surface area contributed by atoms with Crippen molar-refractivity contribution in [1.29, 1.82) is 0 Å². The van der Waals surface area contributed by atoms with Gasteiger partial charge in [0.05, 0.1) is 0 Å². The molecule has 2 atom stereocenters. The van der Waals surface area contributed by atoms with Gasteiger partial charge < -0.3 is 25.2 Å². The summed E-state index contributed by atoms with van der Waals surface area (Å²) < 4.78 is 5.43. The smallest absolute Gasteiger partial charge is 0.410 e. The van der Waals surface area contributed by atoms with Crippen molar-refractivity contribution in [3.63, 3.8) is 0 Å². The van der Waals surface area contributed by atoms with E-state index in [0.717, 1.165) is 24.8 Å². The minimum Gasteiger partial charge on any atom is -0.444 e. The first-order chi connectivity index (χ1) is 13.1. The number of guanidine groups is 1. The van der Waals surface area contributed by atoms with Gasteiger partial charge in [-0.25, -0.2) is 4.79 Å². The zero-order valence-electron chi connectivity index (χ0n) is 19.0. The summed E-state index contributed by atoms with van der Waals surface area (Å²) in [4.78, 5) is 23.1. The molecule has 0 aromatic heterocycles. The largest absolute Gasteiger partial charge is 0.444 e. The molecule has 2 N–H and O–H groups in total. The van der Waals surface area contributed by atoms with Crippen molar-refractivity contribution in [3.8, 4) is 0 Å². The highest BCUT2D eigenvalue weighted by Crippen LogP contribution is 2.21. The maximum atomic E-state index is 12.1. The third-order valence-electron chi connectivity index (χ3n) is 5.36. The number of hydrogen-bond donors (Lipinski definition) is 1. The Labute approximate surface area is 194 Å². The number of aliphatic imine (C=N–C) groups is 1. The number of likely N-dealkylation sites (tertiary alicyclic amines) is 1. The van der Waals surface area contributed by atoms with Crippen molar-refractivity contribution in [3.05, 3.63) is 0 Å². The number of nitrogens with zero attached hydrogens (tertiary/aromatic N) is 4. The maximum Gasteiger partial charge on any atom is 0.410 e. The Bertz CT molecular complexity index is 520. The van der Waals surface area contributed by atoms with Crippen LogP contribution in [0.2, 0.25) is 0 Å². The molecule has 2 heterocycles. The molecule has 0 spiro atoms. The Hall–Kier alpha value is -0.770. The lowest BCUT2D eigenvalue weighted by atomic mass is 9.92. The summed E-state index contributed by atoms with van der Waals surface area (Å²) in [6.45, 7) is 17.4. The Morgan fingerprint density at radius 1 is 1.03 bits per heavy atom. The number of halogens is 1. The number of unbranched alkanes of at least 4 members (excludes halogenated alkanes) is 1. The summed E-state index contributed by atoms with van der Waals surface area (Å²) in [7, 11) is 0. The fourth-order valence-corrected chi connectivity index (χ4v) is 4.16. The highest BCUT2D eigenvalue weighted by Gasteiger charge is 2.26. The van der Waals surface area contributed by atoms with Gasteiger partial charge in [0.1, 0.15) is 5.60 Å². The average Bonchev–Trinajstić information content (AvgIpc) is 2.59. The Kier molecular flexibility index (Phi) is 11.0. The average molecular weight is 524 g/mol. The van der Waals surface area contributed by atoms with Crippen LogP contribution in [-0.2, 0) is 4.74 Å². The molecule has 1 amide bonds. The van der Waals surface area contributed by atoms with E-state index in [1.807, 2.05) is 20.8 Å². The van der Waals surface area contributed by atoms with E-state index in [9.17, 15) is 4.79 Å². The molecule has 2 fully saturated rings. The number of carbonyl (C=O) groups is 1. The second-order valence-electron chi connectivity index (χ2n) is 9.61. The molecule has 7 nitrogen and oxygen atoms in total. The molecule has 0 aliphatic carbocycles. The van der Waals surface area contributed by atoms with Crippen molar-refractivity contribution in [2.45, 2.75) is 59.5 Å². The number of piperazine rings is 1. The number of nitrogens with two attached hydrogens (primary N) is 1. The molecular formula is C21H42IN5O2. The van der Waals surface area contributed by atoms with Crippen molar-refractivity contribution < 1.29 is 9.53 Å². The lowest BCUT2D eigenvalue weighted by Crippen LogP contribution is -2.53. The first kappa shape index (κ1) is 26.3. The zero-order valence-corrected chi connectivity index (χ0v) is 21.4. The fraction of sp³-hybridized carbons (Fsp3) is 0.905. The molecule has 2 unspecified atom stereocenters. The minimum absolute atomic E-state index is 0. The quantitative estimate of drug-likeness (QED) is 0.259. The van der Waals surface area contributed by atoms with Crippen LogP contribution in [0.1, 0.15) is 53.9 Å². The van der Waals surface area contributed by atoms with E-state index in [1.54, 1.807) is 4.90 Å². The van der Waals surface area contributed by atoms with Crippen molar-refractivity contribution >= 4 is 36.0 Å². The first-order valence-corrected chi connectivity index (χ1v) is 10.9. The van der Waals surface area contributed by atoms with Gasteiger partial charge in [-0.05, 0) is 58.4 Å². The van der Waals surface area contributed by atoms with Gasteiger partial charge in [0.2, 0.25) is 0 Å². The maximum absolute atomic E-state index is 12.1. The summed E-state index contributed by atoms with van der Waals surface area (Å²) in [6.07, 6.45) is 3.35. The van der Waals surface area contributed by atoms with Gasteiger partial charge in [-0.3, -0.25) is 4.99 Å². The molecule has 2 aliphatic heterocycles. The van der Waals surface area contributed by atoms with Crippen LogP contribution < -0.4 is 5.73 Å². The second-order valence-corrected chi connectivity index (χ2v) is 9.61. The van der Waals surface area contributed by atoms with Crippen molar-refractivity contribution in [1.82, 2.24) is 14.7 Å². The van der Waals surface area contributed by atoms with Gasteiger partial charge in [0.15, 0.2) is 5.96 Å². The van der Waals surface area contributed by atoms with Gasteiger partial charge in [-0.15, -0.1) is 24.0 Å². The van der Waals surface area contributed by atoms with E-state index in [1.165, 1.54) is 32.5 Å². The molecular weight excluding hydrogens is 481 g/mol. The van der Waals surface area contributed by atoms with Crippen LogP contribution in [0.25, 0.3) is 0 Å². The van der Waals surface area contributed by atoms with Crippen LogP contribution in [0.15, 0.2) is 4.99 Å². The molecule has 0 radical (unpaired) electrons. The fourth-order valence-electron chi connectivity index (χ4n) is 4.16. The number of carbonyl (C=O) groups excluding carboxylic acids is 1. The topological polar surface area (TPSA) is 74.4 Å². The van der Waals surface area contributed by atoms with Crippen LogP contribution in [-0.4, -0.2) is 84.7 Å². The normalized spacial score (nSPS) is 24.2. The molecule has 2 saturated heterocycles. The molecule has 2 rings (SSSR count). The van der Waals surface area contributed by atoms with Gasteiger partial charge in [-0.2, -0.15) is 0 Å². The highest BCUT2D eigenvalue weighted by atomic mass is 127. The van der Waals surface area contributed by atoms with Gasteiger partial charge in [-0.1, -0.05) is 13.8 Å². The molecule has 0 bridgehead atoms. The number of ether oxygens (including phenoxy) is 1. The lowest BCUT2D eigenvalue weighted by Gasteiger charge is -2.36. The molecule has 0 aromatic carbocycles. The Morgan fingerprint density at radius 3 is 2.14 bits per heavy atom. The van der Waals surface area contributed by atoms with E-state index in [0.29, 0.717) is 32.1 Å². The van der Waals surface area contributed by atoms with E-state index in [4.69, 9.17) is 10.5 Å². The highest BCUT2D eigenvalue weighted by molar-refractivity contribution is 14.0. The summed E-state index contributed by atoms with van der Waals surface area (Å²) in [5.41, 5.74) is 5.70. The van der Waals surface area contributed by atoms with Crippen LogP contribution in [0.3, 0.4) is 0 Å². The lowest BCUT2D eigenvalue weighted by molar-refractivity contribution is 0.0186. The minimum atomic E-state index is -0.459. The standard InChI is InChI=1S/C21H41N5O2.HI/c1-17-14-18(2)16-24(15-17)9-7-6-8-23-19(22)25-10-12-26(13-11-25)20(27)28-21(3,4)5;/h17-18H,6-16H2,1-5H3,(H2,22,23);1H. The number of piperidine rings is 1. The monoisotopic (exact) mass is 523 g/mol. The number of amides is 1. The first-order valence-electron chi connectivity index (χ1n) is 10.9. The molecule has 170 valence electrons. The van der Waals surface area contributed by atoms with Crippen LogP contribution in [0.5, 0.6) is 0 Å². The third kappa shape index (κ3) is 9.72.